The third-order valence-corrected chi connectivity index (χ3v) is 3.01. The van der Waals surface area contributed by atoms with Crippen LogP contribution in [-0.2, 0) is 6.54 Å². The van der Waals surface area contributed by atoms with Gasteiger partial charge in [-0.25, -0.2) is 8.78 Å². The van der Waals surface area contributed by atoms with Crippen LogP contribution >= 0.6 is 0 Å². The highest BCUT2D eigenvalue weighted by molar-refractivity contribution is 5.45. The molecule has 0 atom stereocenters. The van der Waals surface area contributed by atoms with Gasteiger partial charge in [0.15, 0.2) is 11.6 Å². The van der Waals surface area contributed by atoms with Gasteiger partial charge in [0.2, 0.25) is 0 Å². The Kier molecular flexibility index (Phi) is 3.60. The Morgan fingerprint density at radius 2 is 1.78 bits per heavy atom. The zero-order chi connectivity index (χ0) is 13.1. The lowest BCUT2D eigenvalue weighted by molar-refractivity contribution is 0.511. The van der Waals surface area contributed by atoms with Gasteiger partial charge in [0.1, 0.15) is 0 Å². The van der Waals surface area contributed by atoms with Crippen LogP contribution in [0.25, 0.3) is 0 Å². The molecule has 0 unspecified atom stereocenters. The van der Waals surface area contributed by atoms with E-state index in [-0.39, 0.29) is 5.69 Å². The van der Waals surface area contributed by atoms with Crippen LogP contribution in [0, 0.1) is 25.5 Å². The maximum absolute atomic E-state index is 13.4. The summed E-state index contributed by atoms with van der Waals surface area (Å²) < 4.78 is 26.4. The molecule has 1 N–H and O–H groups in total. The van der Waals surface area contributed by atoms with Crippen molar-refractivity contribution in [3.05, 3.63) is 64.7 Å². The van der Waals surface area contributed by atoms with E-state index in [1.165, 1.54) is 23.3 Å². The number of rotatable bonds is 3. The van der Waals surface area contributed by atoms with E-state index in [1.54, 1.807) is 0 Å². The molecular formula is C15H15F2N. The molecule has 18 heavy (non-hydrogen) atoms. The summed E-state index contributed by atoms with van der Waals surface area (Å²) in [6, 6.07) is 10.2. The van der Waals surface area contributed by atoms with E-state index < -0.39 is 11.6 Å². The van der Waals surface area contributed by atoms with E-state index in [0.29, 0.717) is 6.54 Å². The van der Waals surface area contributed by atoms with E-state index in [4.69, 9.17) is 0 Å². The summed E-state index contributed by atoms with van der Waals surface area (Å²) in [4.78, 5) is 0. The summed E-state index contributed by atoms with van der Waals surface area (Å²) in [5, 5.41) is 2.90. The molecule has 0 saturated heterocycles. The molecule has 0 aliphatic heterocycles. The smallest absolute Gasteiger partial charge is 0.181 e. The first-order valence-corrected chi connectivity index (χ1v) is 5.82. The highest BCUT2D eigenvalue weighted by Crippen LogP contribution is 2.18. The van der Waals surface area contributed by atoms with Crippen molar-refractivity contribution in [1.82, 2.24) is 0 Å². The number of benzene rings is 2. The number of aryl methyl sites for hydroxylation is 2. The van der Waals surface area contributed by atoms with Crippen molar-refractivity contribution in [1.29, 1.82) is 0 Å². The number of nitrogens with one attached hydrogen (secondary N) is 1. The molecule has 0 spiro atoms. The van der Waals surface area contributed by atoms with E-state index in [9.17, 15) is 8.78 Å². The largest absolute Gasteiger partial charge is 0.379 e. The Bertz CT molecular complexity index is 564. The topological polar surface area (TPSA) is 12.0 Å². The second-order valence-corrected chi connectivity index (χ2v) is 4.37. The van der Waals surface area contributed by atoms with Gasteiger partial charge in [-0.1, -0.05) is 24.3 Å². The number of hydrogen-bond acceptors (Lipinski definition) is 1. The van der Waals surface area contributed by atoms with Gasteiger partial charge in [-0.2, -0.15) is 0 Å². The fourth-order valence-corrected chi connectivity index (χ4v) is 1.75. The van der Waals surface area contributed by atoms with Crippen LogP contribution in [0.4, 0.5) is 14.5 Å². The van der Waals surface area contributed by atoms with Crippen LogP contribution in [-0.4, -0.2) is 0 Å². The minimum atomic E-state index is -0.833. The molecule has 2 aromatic carbocycles. The molecule has 2 aromatic rings. The standard InChI is InChI=1S/C15H15F2N/c1-10-6-7-12(8-11(10)2)9-18-14-5-3-4-13(16)15(14)17/h3-8,18H,9H2,1-2H3. The van der Waals surface area contributed by atoms with E-state index in [0.717, 1.165) is 11.6 Å². The minimum Gasteiger partial charge on any atom is -0.379 e. The molecule has 0 aliphatic carbocycles. The third-order valence-electron chi connectivity index (χ3n) is 3.01. The summed E-state index contributed by atoms with van der Waals surface area (Å²) in [7, 11) is 0. The Morgan fingerprint density at radius 3 is 2.50 bits per heavy atom. The lowest BCUT2D eigenvalue weighted by Gasteiger charge is -2.09. The van der Waals surface area contributed by atoms with Crippen molar-refractivity contribution in [3.8, 4) is 0 Å². The van der Waals surface area contributed by atoms with Gasteiger partial charge in [0.05, 0.1) is 5.69 Å². The van der Waals surface area contributed by atoms with Crippen LogP contribution in [0.15, 0.2) is 36.4 Å². The van der Waals surface area contributed by atoms with Crippen molar-refractivity contribution >= 4 is 5.69 Å². The Morgan fingerprint density at radius 1 is 1.00 bits per heavy atom. The minimum absolute atomic E-state index is 0.188. The second kappa shape index (κ2) is 5.17. The fraction of sp³-hybridized carbons (Fsp3) is 0.200. The molecule has 0 saturated carbocycles. The van der Waals surface area contributed by atoms with Crippen molar-refractivity contribution in [2.24, 2.45) is 0 Å². The lowest BCUT2D eigenvalue weighted by atomic mass is 10.1. The van der Waals surface area contributed by atoms with Crippen molar-refractivity contribution in [2.45, 2.75) is 20.4 Å². The quantitative estimate of drug-likeness (QED) is 0.857. The predicted molar refractivity (Wildman–Crippen MR) is 69.6 cm³/mol. The van der Waals surface area contributed by atoms with Crippen LogP contribution in [0.1, 0.15) is 16.7 Å². The van der Waals surface area contributed by atoms with Crippen molar-refractivity contribution in [3.63, 3.8) is 0 Å². The SMILES string of the molecule is Cc1ccc(CNc2cccc(F)c2F)cc1C. The molecule has 0 aromatic heterocycles. The maximum atomic E-state index is 13.4. The molecule has 0 aliphatic rings. The average Bonchev–Trinajstić information content (AvgIpc) is 2.35. The van der Waals surface area contributed by atoms with Crippen molar-refractivity contribution in [2.75, 3.05) is 5.32 Å². The van der Waals surface area contributed by atoms with Crippen LogP contribution in [0.2, 0.25) is 0 Å². The number of hydrogen-bond donors (Lipinski definition) is 1. The molecule has 94 valence electrons. The first kappa shape index (κ1) is 12.6. The molecule has 1 nitrogen and oxygen atoms in total. The van der Waals surface area contributed by atoms with Gasteiger partial charge in [0.25, 0.3) is 0 Å². The summed E-state index contributed by atoms with van der Waals surface area (Å²) in [5.74, 6) is -1.67. The zero-order valence-corrected chi connectivity index (χ0v) is 10.4. The Labute approximate surface area is 105 Å². The zero-order valence-electron chi connectivity index (χ0n) is 10.4. The first-order chi connectivity index (χ1) is 8.58. The number of halogens is 2. The molecule has 0 heterocycles. The molecule has 0 radical (unpaired) electrons. The van der Waals surface area contributed by atoms with E-state index in [1.807, 2.05) is 32.0 Å². The van der Waals surface area contributed by atoms with Crippen molar-refractivity contribution < 1.29 is 8.78 Å². The predicted octanol–water partition coefficient (Wildman–Crippen LogP) is 4.19. The first-order valence-electron chi connectivity index (χ1n) is 5.82. The van der Waals surface area contributed by atoms with Gasteiger partial charge in [-0.3, -0.25) is 0 Å². The lowest BCUT2D eigenvalue weighted by Crippen LogP contribution is -2.03. The third kappa shape index (κ3) is 2.67. The molecule has 0 bridgehead atoms. The molecule has 2 rings (SSSR count). The average molecular weight is 247 g/mol. The maximum Gasteiger partial charge on any atom is 0.181 e. The molecule has 3 heteroatoms. The summed E-state index contributed by atoms with van der Waals surface area (Å²) in [5.41, 5.74) is 3.64. The van der Waals surface area contributed by atoms with Crippen LogP contribution in [0.5, 0.6) is 0 Å². The van der Waals surface area contributed by atoms with E-state index >= 15 is 0 Å². The molecule has 0 fully saturated rings. The normalized spacial score (nSPS) is 10.4. The van der Waals surface area contributed by atoms with Crippen LogP contribution in [0.3, 0.4) is 0 Å². The number of anilines is 1. The van der Waals surface area contributed by atoms with E-state index in [2.05, 4.69) is 5.32 Å². The van der Waals surface area contributed by atoms with Gasteiger partial charge in [0, 0.05) is 6.54 Å². The fourth-order valence-electron chi connectivity index (χ4n) is 1.75. The van der Waals surface area contributed by atoms with Gasteiger partial charge in [-0.05, 0) is 42.7 Å². The van der Waals surface area contributed by atoms with Gasteiger partial charge < -0.3 is 5.32 Å². The second-order valence-electron chi connectivity index (χ2n) is 4.37. The molecule has 0 amide bonds. The van der Waals surface area contributed by atoms with Gasteiger partial charge in [-0.15, -0.1) is 0 Å². The van der Waals surface area contributed by atoms with Crippen LogP contribution < -0.4 is 5.32 Å². The highest BCUT2D eigenvalue weighted by atomic mass is 19.2. The summed E-state index contributed by atoms with van der Waals surface area (Å²) in [6.07, 6.45) is 0. The Hall–Kier alpha value is -1.90. The summed E-state index contributed by atoms with van der Waals surface area (Å²) in [6.45, 7) is 4.54. The monoisotopic (exact) mass is 247 g/mol. The highest BCUT2D eigenvalue weighted by Gasteiger charge is 2.06. The molecular weight excluding hydrogens is 232 g/mol. The van der Waals surface area contributed by atoms with Gasteiger partial charge >= 0.3 is 0 Å². The summed E-state index contributed by atoms with van der Waals surface area (Å²) >= 11 is 0. The Balaban J connectivity index is 2.11.